The molecule has 80 valence electrons. The molecule has 4 nitrogen and oxygen atoms in total. The highest BCUT2D eigenvalue weighted by Gasteiger charge is 2.35. The van der Waals surface area contributed by atoms with E-state index in [4.69, 9.17) is 9.84 Å². The van der Waals surface area contributed by atoms with Crippen molar-refractivity contribution in [2.24, 2.45) is 5.92 Å². The molecule has 0 spiro atoms. The van der Waals surface area contributed by atoms with Gasteiger partial charge in [-0.05, 0) is 18.8 Å². The summed E-state index contributed by atoms with van der Waals surface area (Å²) in [5.41, 5.74) is 0. The smallest absolute Gasteiger partial charge is 0.334 e. The molecule has 0 amide bonds. The number of carboxylic acid groups (broad SMARTS) is 1. The van der Waals surface area contributed by atoms with Gasteiger partial charge in [-0.15, -0.1) is 0 Å². The predicted molar refractivity (Wildman–Crippen MR) is 51.1 cm³/mol. The normalized spacial score (nSPS) is 39.1. The quantitative estimate of drug-likeness (QED) is 0.706. The van der Waals surface area contributed by atoms with Crippen molar-refractivity contribution >= 4 is 5.97 Å². The Bertz CT molecular complexity index is 225. The van der Waals surface area contributed by atoms with Crippen molar-refractivity contribution in [3.8, 4) is 0 Å². The Morgan fingerprint density at radius 3 is 2.79 bits per heavy atom. The Hall–Kier alpha value is -0.610. The predicted octanol–water partition coefficient (Wildman–Crippen LogP) is 0.570. The minimum atomic E-state index is -0.831. The van der Waals surface area contributed by atoms with E-state index in [1.165, 1.54) is 12.8 Å². The first-order valence-corrected chi connectivity index (χ1v) is 5.25. The van der Waals surface area contributed by atoms with Crippen molar-refractivity contribution in [1.82, 2.24) is 4.90 Å². The molecule has 2 aliphatic rings. The van der Waals surface area contributed by atoms with Gasteiger partial charge in [0.15, 0.2) is 6.10 Å². The van der Waals surface area contributed by atoms with Gasteiger partial charge in [0, 0.05) is 19.1 Å². The first kappa shape index (κ1) is 9.93. The summed E-state index contributed by atoms with van der Waals surface area (Å²) in [6.45, 7) is 4.25. The van der Waals surface area contributed by atoms with Gasteiger partial charge in [0.25, 0.3) is 0 Å². The van der Waals surface area contributed by atoms with Crippen LogP contribution in [0.4, 0.5) is 0 Å². The molecule has 2 rings (SSSR count). The molecule has 4 heteroatoms. The van der Waals surface area contributed by atoms with Crippen molar-refractivity contribution in [2.75, 3.05) is 19.7 Å². The summed E-state index contributed by atoms with van der Waals surface area (Å²) in [6, 6.07) is 0.607. The average Bonchev–Trinajstić information content (AvgIpc) is 2.13. The molecule has 0 radical (unpaired) electrons. The third kappa shape index (κ3) is 1.91. The second kappa shape index (κ2) is 3.87. The summed E-state index contributed by atoms with van der Waals surface area (Å²) >= 11 is 0. The van der Waals surface area contributed by atoms with E-state index in [9.17, 15) is 4.79 Å². The van der Waals surface area contributed by atoms with Crippen LogP contribution in [-0.4, -0.2) is 47.8 Å². The monoisotopic (exact) mass is 199 g/mol. The number of hydrogen-bond acceptors (Lipinski definition) is 3. The van der Waals surface area contributed by atoms with Gasteiger partial charge >= 0.3 is 5.97 Å². The summed E-state index contributed by atoms with van der Waals surface area (Å²) in [5, 5.41) is 8.83. The highest BCUT2D eigenvalue weighted by Crippen LogP contribution is 2.31. The third-order valence-electron chi connectivity index (χ3n) is 3.24. The van der Waals surface area contributed by atoms with E-state index >= 15 is 0 Å². The van der Waals surface area contributed by atoms with Crippen molar-refractivity contribution in [3.63, 3.8) is 0 Å². The molecular formula is C10H17NO3. The first-order valence-electron chi connectivity index (χ1n) is 5.25. The van der Waals surface area contributed by atoms with Crippen LogP contribution in [0.2, 0.25) is 0 Å². The lowest BCUT2D eigenvalue weighted by Gasteiger charge is -2.44. The van der Waals surface area contributed by atoms with Crippen LogP contribution in [0.15, 0.2) is 0 Å². The lowest BCUT2D eigenvalue weighted by Crippen LogP contribution is -2.53. The van der Waals surface area contributed by atoms with E-state index in [0.717, 1.165) is 12.5 Å². The summed E-state index contributed by atoms with van der Waals surface area (Å²) in [6.07, 6.45) is 1.82. The van der Waals surface area contributed by atoms with Crippen molar-refractivity contribution in [1.29, 1.82) is 0 Å². The molecule has 1 unspecified atom stereocenters. The minimum Gasteiger partial charge on any atom is -0.479 e. The highest BCUT2D eigenvalue weighted by molar-refractivity contribution is 5.72. The van der Waals surface area contributed by atoms with Gasteiger partial charge in [0.1, 0.15) is 0 Å². The Kier molecular flexibility index (Phi) is 2.74. The second-order valence-electron chi connectivity index (χ2n) is 4.42. The Morgan fingerprint density at radius 1 is 1.50 bits per heavy atom. The Labute approximate surface area is 83.8 Å². The lowest BCUT2D eigenvalue weighted by atomic mass is 9.80. The first-order chi connectivity index (χ1) is 6.66. The maximum Gasteiger partial charge on any atom is 0.334 e. The molecule has 1 saturated heterocycles. The molecule has 0 bridgehead atoms. The number of ether oxygens (including phenoxy) is 1. The van der Waals surface area contributed by atoms with Crippen LogP contribution in [0.25, 0.3) is 0 Å². The van der Waals surface area contributed by atoms with E-state index in [-0.39, 0.29) is 0 Å². The van der Waals surface area contributed by atoms with Crippen LogP contribution in [-0.2, 0) is 9.53 Å². The SMILES string of the molecule is CC1CC(N2CCOC(C(=O)O)C2)C1. The van der Waals surface area contributed by atoms with Crippen molar-refractivity contribution < 1.29 is 14.6 Å². The van der Waals surface area contributed by atoms with E-state index in [0.29, 0.717) is 19.2 Å². The van der Waals surface area contributed by atoms with Crippen LogP contribution in [0.3, 0.4) is 0 Å². The minimum absolute atomic E-state index is 0.557. The van der Waals surface area contributed by atoms with Crippen LogP contribution >= 0.6 is 0 Å². The van der Waals surface area contributed by atoms with Crippen molar-refractivity contribution in [3.05, 3.63) is 0 Å². The fourth-order valence-corrected chi connectivity index (χ4v) is 2.31. The van der Waals surface area contributed by atoms with Crippen LogP contribution in [0.5, 0.6) is 0 Å². The number of hydrogen-bond donors (Lipinski definition) is 1. The van der Waals surface area contributed by atoms with Gasteiger partial charge in [-0.3, -0.25) is 4.90 Å². The van der Waals surface area contributed by atoms with Gasteiger partial charge in [-0.1, -0.05) is 6.92 Å². The Balaban J connectivity index is 1.85. The zero-order chi connectivity index (χ0) is 10.1. The molecule has 1 heterocycles. The largest absolute Gasteiger partial charge is 0.479 e. The molecule has 1 aliphatic heterocycles. The maximum absolute atomic E-state index is 10.7. The molecule has 1 aliphatic carbocycles. The fraction of sp³-hybridized carbons (Fsp3) is 0.900. The number of rotatable bonds is 2. The molecule has 0 aromatic heterocycles. The number of nitrogens with zero attached hydrogens (tertiary/aromatic N) is 1. The number of aliphatic carboxylic acids is 1. The summed E-state index contributed by atoms with van der Waals surface area (Å²) in [5.74, 6) is -0.0202. The molecule has 2 fully saturated rings. The van der Waals surface area contributed by atoms with Crippen LogP contribution < -0.4 is 0 Å². The molecular weight excluding hydrogens is 182 g/mol. The molecule has 0 aromatic carbocycles. The van der Waals surface area contributed by atoms with Gasteiger partial charge in [0.05, 0.1) is 6.61 Å². The van der Waals surface area contributed by atoms with Crippen LogP contribution in [0, 0.1) is 5.92 Å². The maximum atomic E-state index is 10.7. The third-order valence-corrected chi connectivity index (χ3v) is 3.24. The van der Waals surface area contributed by atoms with Crippen LogP contribution in [0.1, 0.15) is 19.8 Å². The van der Waals surface area contributed by atoms with Gasteiger partial charge in [-0.25, -0.2) is 4.79 Å². The average molecular weight is 199 g/mol. The van der Waals surface area contributed by atoms with Gasteiger partial charge < -0.3 is 9.84 Å². The van der Waals surface area contributed by atoms with Gasteiger partial charge in [-0.2, -0.15) is 0 Å². The lowest BCUT2D eigenvalue weighted by molar-refractivity contribution is -0.158. The summed E-state index contributed by atoms with van der Waals surface area (Å²) < 4.78 is 5.17. The van der Waals surface area contributed by atoms with E-state index in [2.05, 4.69) is 11.8 Å². The number of carbonyl (C=O) groups is 1. The fourth-order valence-electron chi connectivity index (χ4n) is 2.31. The molecule has 14 heavy (non-hydrogen) atoms. The number of carboxylic acids is 1. The second-order valence-corrected chi connectivity index (χ2v) is 4.42. The molecule has 0 aromatic rings. The molecule has 1 saturated carbocycles. The van der Waals surface area contributed by atoms with Crippen molar-refractivity contribution in [2.45, 2.75) is 31.9 Å². The number of morpholine rings is 1. The summed E-state index contributed by atoms with van der Waals surface area (Å²) in [7, 11) is 0. The van der Waals surface area contributed by atoms with E-state index in [1.807, 2.05) is 0 Å². The summed E-state index contributed by atoms with van der Waals surface area (Å²) in [4.78, 5) is 13.0. The topological polar surface area (TPSA) is 49.8 Å². The molecule has 1 atom stereocenters. The van der Waals surface area contributed by atoms with Gasteiger partial charge in [0.2, 0.25) is 0 Å². The zero-order valence-corrected chi connectivity index (χ0v) is 8.48. The standard InChI is InChI=1S/C10H17NO3/c1-7-4-8(5-7)11-2-3-14-9(6-11)10(12)13/h7-9H,2-6H2,1H3,(H,12,13). The van der Waals surface area contributed by atoms with E-state index in [1.54, 1.807) is 0 Å². The molecule has 1 N–H and O–H groups in total. The highest BCUT2D eigenvalue weighted by atomic mass is 16.5. The Morgan fingerprint density at radius 2 is 2.21 bits per heavy atom. The van der Waals surface area contributed by atoms with E-state index < -0.39 is 12.1 Å². The zero-order valence-electron chi connectivity index (χ0n) is 8.48.